The second-order valence-electron chi connectivity index (χ2n) is 11.6. The van der Waals surface area contributed by atoms with E-state index < -0.39 is 66.2 Å². The van der Waals surface area contributed by atoms with Gasteiger partial charge in [-0.3, -0.25) is 19.1 Å². The number of likely N-dealkylation sites (N-methyl/N-ethyl adjacent to an activating group) is 1. The molecule has 1 heterocycles. The molecule has 0 fully saturated rings. The van der Waals surface area contributed by atoms with Gasteiger partial charge in [-0.15, -0.1) is 0 Å². The number of nitrogens with zero attached hydrogens (tertiary/aromatic N) is 4. The molecule has 0 aliphatic rings. The molecule has 51 heavy (non-hydrogen) atoms. The van der Waals surface area contributed by atoms with Gasteiger partial charge in [-0.1, -0.05) is 30.3 Å². The molecule has 0 saturated heterocycles. The molecule has 0 spiro atoms. The van der Waals surface area contributed by atoms with Crippen molar-refractivity contribution in [3.8, 4) is 5.75 Å². The number of fused-ring (bicyclic) bond motifs is 1. The molecule has 5 rings (SSSR count). The molecule has 1 N–H and O–H groups in total. The number of aromatic nitrogens is 2. The van der Waals surface area contributed by atoms with E-state index in [4.69, 9.17) is 4.74 Å². The molecule has 3 amide bonds. The highest BCUT2D eigenvalue weighted by atomic mass is 19.4. The topological polar surface area (TPSA) is 96.8 Å². The van der Waals surface area contributed by atoms with Gasteiger partial charge in [-0.05, 0) is 65.7 Å². The van der Waals surface area contributed by atoms with Crippen molar-refractivity contribution in [3.63, 3.8) is 0 Å². The maximum atomic E-state index is 14.1. The summed E-state index contributed by atoms with van der Waals surface area (Å²) in [6.45, 7) is -1.66. The molecule has 0 unspecified atom stereocenters. The summed E-state index contributed by atoms with van der Waals surface area (Å²) in [6.07, 6.45) is -5.15. The van der Waals surface area contributed by atoms with Crippen molar-refractivity contribution < 1.29 is 45.5 Å². The zero-order valence-corrected chi connectivity index (χ0v) is 27.3. The summed E-state index contributed by atoms with van der Waals surface area (Å²) in [5, 5.41) is 5.97. The third-order valence-electron chi connectivity index (χ3n) is 7.97. The summed E-state index contributed by atoms with van der Waals surface area (Å²) in [5.41, 5.74) is -0.312. The Kier molecular flexibility index (Phi) is 11.0. The van der Waals surface area contributed by atoms with Crippen LogP contribution >= 0.6 is 0 Å². The van der Waals surface area contributed by atoms with Crippen LogP contribution in [0, 0.1) is 17.5 Å². The van der Waals surface area contributed by atoms with E-state index in [-0.39, 0.29) is 29.4 Å². The first-order valence-electron chi connectivity index (χ1n) is 15.4. The molecule has 9 nitrogen and oxygen atoms in total. The number of anilines is 1. The molecule has 1 atom stereocenters. The van der Waals surface area contributed by atoms with Gasteiger partial charge >= 0.3 is 6.18 Å². The molecule has 0 bridgehead atoms. The zero-order chi connectivity index (χ0) is 36.9. The number of para-hydroxylation sites is 1. The monoisotopic (exact) mass is 711 g/mol. The van der Waals surface area contributed by atoms with E-state index in [2.05, 4.69) is 10.4 Å². The minimum absolute atomic E-state index is 0.0268. The maximum absolute atomic E-state index is 14.1. The highest BCUT2D eigenvalue weighted by Gasteiger charge is 2.37. The first-order chi connectivity index (χ1) is 24.2. The molecule has 266 valence electrons. The number of carbonyl (C=O) groups excluding carboxylic acids is 3. The molecule has 15 heteroatoms. The summed E-state index contributed by atoms with van der Waals surface area (Å²) in [4.78, 5) is 43.3. The van der Waals surface area contributed by atoms with Gasteiger partial charge < -0.3 is 19.9 Å². The molecule has 0 aliphatic heterocycles. The van der Waals surface area contributed by atoms with Crippen molar-refractivity contribution in [1.82, 2.24) is 20.0 Å². The lowest BCUT2D eigenvalue weighted by molar-refractivity contribution is -0.141. The van der Waals surface area contributed by atoms with Gasteiger partial charge in [0.15, 0.2) is 5.69 Å². The molecule has 5 aromatic rings. The second kappa shape index (κ2) is 15.4. The number of hydrogen-bond acceptors (Lipinski definition) is 5. The lowest BCUT2D eigenvalue weighted by Crippen LogP contribution is -2.51. The first-order valence-corrected chi connectivity index (χ1v) is 15.4. The number of methoxy groups -OCH3 is 1. The van der Waals surface area contributed by atoms with Gasteiger partial charge in [0.2, 0.25) is 17.7 Å². The van der Waals surface area contributed by atoms with Gasteiger partial charge in [0.05, 0.1) is 19.2 Å². The van der Waals surface area contributed by atoms with Crippen LogP contribution in [0.25, 0.3) is 10.9 Å². The number of carbonyl (C=O) groups is 3. The highest BCUT2D eigenvalue weighted by Crippen LogP contribution is 2.34. The third kappa shape index (κ3) is 9.04. The quantitative estimate of drug-likeness (QED) is 0.163. The predicted octanol–water partition coefficient (Wildman–Crippen LogP) is 5.90. The molecular formula is C36H31F6N5O4. The summed E-state index contributed by atoms with van der Waals surface area (Å²) in [7, 11) is 2.90. The Labute approximate surface area is 288 Å². The predicted molar refractivity (Wildman–Crippen MR) is 175 cm³/mol. The fourth-order valence-corrected chi connectivity index (χ4v) is 5.47. The van der Waals surface area contributed by atoms with Gasteiger partial charge in [-0.2, -0.15) is 18.3 Å². The number of ether oxygens (including phenoxy) is 1. The normalized spacial score (nSPS) is 12.0. The van der Waals surface area contributed by atoms with Crippen LogP contribution in [0.5, 0.6) is 5.75 Å². The lowest BCUT2D eigenvalue weighted by atomic mass is 10.0. The highest BCUT2D eigenvalue weighted by molar-refractivity contribution is 5.99. The molecule has 4 aromatic carbocycles. The van der Waals surface area contributed by atoms with Crippen molar-refractivity contribution in [2.24, 2.45) is 0 Å². The number of amides is 3. The smallest absolute Gasteiger partial charge is 0.435 e. The maximum Gasteiger partial charge on any atom is 0.435 e. The van der Waals surface area contributed by atoms with Crippen molar-refractivity contribution >= 4 is 34.3 Å². The Bertz CT molecular complexity index is 2010. The Balaban J connectivity index is 1.42. The Morgan fingerprint density at radius 3 is 2.14 bits per heavy atom. The molecular weight excluding hydrogens is 680 g/mol. The van der Waals surface area contributed by atoms with E-state index in [0.29, 0.717) is 23.1 Å². The minimum Gasteiger partial charge on any atom is -0.497 e. The summed E-state index contributed by atoms with van der Waals surface area (Å²) in [6, 6.07) is 18.2. The van der Waals surface area contributed by atoms with Crippen molar-refractivity contribution in [2.45, 2.75) is 31.7 Å². The number of alkyl halides is 3. The largest absolute Gasteiger partial charge is 0.497 e. The fraction of sp³-hybridized carbons (Fsp3) is 0.222. The molecule has 0 radical (unpaired) electrons. The molecule has 0 saturated carbocycles. The van der Waals surface area contributed by atoms with Crippen LogP contribution in [0.1, 0.15) is 16.8 Å². The van der Waals surface area contributed by atoms with E-state index in [1.165, 1.54) is 55.5 Å². The van der Waals surface area contributed by atoms with Crippen LogP contribution in [0.3, 0.4) is 0 Å². The summed E-state index contributed by atoms with van der Waals surface area (Å²) in [5.74, 6) is -4.20. The average Bonchev–Trinajstić information content (AvgIpc) is 3.46. The Morgan fingerprint density at radius 2 is 1.51 bits per heavy atom. The number of nitrogens with one attached hydrogen (secondary N) is 1. The number of halogens is 6. The molecule has 1 aromatic heterocycles. The van der Waals surface area contributed by atoms with Crippen LogP contribution in [0.15, 0.2) is 91.0 Å². The number of hydrogen-bond donors (Lipinski definition) is 1. The van der Waals surface area contributed by atoms with Gasteiger partial charge in [-0.25, -0.2) is 13.2 Å². The van der Waals surface area contributed by atoms with E-state index in [0.717, 1.165) is 33.8 Å². The van der Waals surface area contributed by atoms with Crippen LogP contribution in [-0.2, 0) is 40.1 Å². The van der Waals surface area contributed by atoms with Crippen molar-refractivity contribution in [2.75, 3.05) is 25.6 Å². The van der Waals surface area contributed by atoms with Gasteiger partial charge in [0.1, 0.15) is 35.8 Å². The fourth-order valence-electron chi connectivity index (χ4n) is 5.47. The van der Waals surface area contributed by atoms with Crippen LogP contribution in [0.4, 0.5) is 32.0 Å². The first kappa shape index (κ1) is 36.4. The number of benzene rings is 4. The second-order valence-corrected chi connectivity index (χ2v) is 11.6. The number of rotatable bonds is 12. The lowest BCUT2D eigenvalue weighted by Gasteiger charge is -2.27. The average molecular weight is 712 g/mol. The third-order valence-corrected chi connectivity index (χ3v) is 7.97. The zero-order valence-electron chi connectivity index (χ0n) is 27.3. The van der Waals surface area contributed by atoms with E-state index in [1.807, 2.05) is 0 Å². The van der Waals surface area contributed by atoms with Gasteiger partial charge in [0.25, 0.3) is 0 Å². The van der Waals surface area contributed by atoms with Crippen LogP contribution in [0.2, 0.25) is 0 Å². The van der Waals surface area contributed by atoms with E-state index in [9.17, 15) is 40.7 Å². The van der Waals surface area contributed by atoms with E-state index in [1.54, 1.807) is 24.3 Å². The summed E-state index contributed by atoms with van der Waals surface area (Å²) < 4.78 is 89.2. The van der Waals surface area contributed by atoms with E-state index >= 15 is 0 Å². The SMILES string of the molecule is COc1ccc(N(C)C(=O)[C@H](Cc2cc(F)cc(F)c2)NC(=O)CN(Cc2ccc(F)cc2)C(=O)Cn2nc(C(F)(F)F)c3ccccc32)cc1. The van der Waals surface area contributed by atoms with Crippen LogP contribution in [-0.4, -0.2) is 59.1 Å². The van der Waals surface area contributed by atoms with Gasteiger partial charge in [0, 0.05) is 37.2 Å². The van der Waals surface area contributed by atoms with Crippen LogP contribution < -0.4 is 15.0 Å². The standard InChI is InChI=1S/C36H31F6N5O4/c1-45(27-11-13-28(51-2)14-12-27)35(50)30(17-23-15-25(38)18-26(39)16-23)43-32(48)20-46(19-22-7-9-24(37)10-8-22)33(49)21-47-31-6-4-3-5-29(31)34(44-47)36(40,41)42/h3-16,18,30H,17,19-21H2,1-2H3,(H,43,48)/t30-/m0/s1. The minimum atomic E-state index is -4.81. The molecule has 0 aliphatic carbocycles. The van der Waals surface area contributed by atoms with Crippen molar-refractivity contribution in [3.05, 3.63) is 125 Å². The summed E-state index contributed by atoms with van der Waals surface area (Å²) >= 11 is 0. The Hall–Kier alpha value is -5.86. The van der Waals surface area contributed by atoms with Crippen molar-refractivity contribution in [1.29, 1.82) is 0 Å². The Morgan fingerprint density at radius 1 is 0.863 bits per heavy atom.